The van der Waals surface area contributed by atoms with E-state index in [9.17, 15) is 9.59 Å². The highest BCUT2D eigenvalue weighted by Crippen LogP contribution is 2.29. The first-order valence-corrected chi connectivity index (χ1v) is 10.6. The molecule has 1 saturated heterocycles. The van der Waals surface area contributed by atoms with E-state index in [1.165, 1.54) is 17.7 Å². The molecule has 6 nitrogen and oxygen atoms in total. The van der Waals surface area contributed by atoms with Crippen molar-refractivity contribution < 1.29 is 14.3 Å². The molecule has 1 fully saturated rings. The number of thiophene rings is 1. The Bertz CT molecular complexity index is 604. The van der Waals surface area contributed by atoms with Crippen LogP contribution in [0.2, 0.25) is 0 Å². The van der Waals surface area contributed by atoms with Crippen molar-refractivity contribution in [3.05, 3.63) is 22.4 Å². The van der Waals surface area contributed by atoms with E-state index in [1.54, 1.807) is 39.0 Å². The number of hydrogen-bond donors (Lipinski definition) is 2. The summed E-state index contributed by atoms with van der Waals surface area (Å²) >= 11 is 1.72. The van der Waals surface area contributed by atoms with E-state index in [0.717, 1.165) is 19.0 Å². The number of carbonyl (C=O) groups excluding carboxylic acids is 2. The van der Waals surface area contributed by atoms with Gasteiger partial charge in [-0.3, -0.25) is 9.69 Å². The minimum atomic E-state index is -0.648. The molecule has 1 aromatic rings. The maximum absolute atomic E-state index is 12.5. The van der Waals surface area contributed by atoms with E-state index in [2.05, 4.69) is 33.9 Å². The van der Waals surface area contributed by atoms with Crippen molar-refractivity contribution in [1.82, 2.24) is 15.5 Å². The van der Waals surface area contributed by atoms with Gasteiger partial charge < -0.3 is 15.4 Å². The normalized spacial score (nSPS) is 18.6. The zero-order valence-electron chi connectivity index (χ0n) is 17.1. The fraction of sp³-hybridized carbons (Fsp3) is 0.700. The average Bonchev–Trinajstić information content (AvgIpc) is 3.08. The molecule has 0 aromatic carbocycles. The third kappa shape index (κ3) is 7.14. The van der Waals surface area contributed by atoms with Crippen molar-refractivity contribution >= 4 is 23.3 Å². The number of piperidine rings is 1. The van der Waals surface area contributed by atoms with Gasteiger partial charge in [0.25, 0.3) is 0 Å². The lowest BCUT2D eigenvalue weighted by atomic mass is 9.97. The van der Waals surface area contributed by atoms with Crippen LogP contribution in [0.15, 0.2) is 17.5 Å². The zero-order chi connectivity index (χ0) is 20.0. The quantitative estimate of drug-likeness (QED) is 0.773. The van der Waals surface area contributed by atoms with E-state index in [0.29, 0.717) is 6.54 Å². The Kier molecular flexibility index (Phi) is 7.68. The van der Waals surface area contributed by atoms with Gasteiger partial charge in [0.2, 0.25) is 5.91 Å². The van der Waals surface area contributed by atoms with Crippen LogP contribution in [-0.2, 0) is 9.53 Å². The molecular formula is C20H33N3O3S. The van der Waals surface area contributed by atoms with Crippen LogP contribution in [0.1, 0.15) is 58.4 Å². The van der Waals surface area contributed by atoms with Crippen LogP contribution in [-0.4, -0.2) is 48.2 Å². The Balaban J connectivity index is 1.90. The molecule has 7 heteroatoms. The Hall–Kier alpha value is -1.60. The monoisotopic (exact) mass is 395 g/mol. The first-order chi connectivity index (χ1) is 12.7. The Morgan fingerprint density at radius 1 is 1.33 bits per heavy atom. The summed E-state index contributed by atoms with van der Waals surface area (Å²) in [5.41, 5.74) is -0.587. The lowest BCUT2D eigenvalue weighted by Gasteiger charge is -2.36. The smallest absolute Gasteiger partial charge is 0.408 e. The van der Waals surface area contributed by atoms with Crippen LogP contribution >= 0.6 is 11.3 Å². The van der Waals surface area contributed by atoms with Gasteiger partial charge in [-0.2, -0.15) is 0 Å². The first-order valence-electron chi connectivity index (χ1n) is 9.70. The third-order valence-corrected chi connectivity index (χ3v) is 5.70. The molecule has 1 aliphatic rings. The molecule has 0 radical (unpaired) electrons. The summed E-state index contributed by atoms with van der Waals surface area (Å²) in [4.78, 5) is 28.0. The van der Waals surface area contributed by atoms with Crippen molar-refractivity contribution in [1.29, 1.82) is 0 Å². The van der Waals surface area contributed by atoms with Gasteiger partial charge in [0.15, 0.2) is 0 Å². The van der Waals surface area contributed by atoms with Gasteiger partial charge in [0.1, 0.15) is 11.6 Å². The summed E-state index contributed by atoms with van der Waals surface area (Å²) in [6.07, 6.45) is 1.80. The molecule has 2 atom stereocenters. The highest BCUT2D eigenvalue weighted by molar-refractivity contribution is 7.10. The van der Waals surface area contributed by atoms with Crippen LogP contribution in [0, 0.1) is 5.92 Å². The van der Waals surface area contributed by atoms with Gasteiger partial charge in [-0.25, -0.2) is 4.79 Å². The van der Waals surface area contributed by atoms with E-state index < -0.39 is 17.7 Å². The van der Waals surface area contributed by atoms with Crippen LogP contribution in [0.3, 0.4) is 0 Å². The minimum Gasteiger partial charge on any atom is -0.444 e. The SMILES string of the molecule is CC1CCN(C(CNC(=O)[C@@H](C)NC(=O)OC(C)(C)C)c2cccs2)CC1. The fourth-order valence-electron chi connectivity index (χ4n) is 3.13. The van der Waals surface area contributed by atoms with E-state index in [1.807, 2.05) is 6.07 Å². The molecule has 2 rings (SSSR count). The Labute approximate surface area is 166 Å². The predicted molar refractivity (Wildman–Crippen MR) is 109 cm³/mol. The number of nitrogens with zero attached hydrogens (tertiary/aromatic N) is 1. The fourth-order valence-corrected chi connectivity index (χ4v) is 3.99. The van der Waals surface area contributed by atoms with Crippen LogP contribution in [0.25, 0.3) is 0 Å². The molecule has 27 heavy (non-hydrogen) atoms. The highest BCUT2D eigenvalue weighted by atomic mass is 32.1. The minimum absolute atomic E-state index is 0.176. The summed E-state index contributed by atoms with van der Waals surface area (Å²) in [5, 5.41) is 7.67. The maximum Gasteiger partial charge on any atom is 0.408 e. The number of carbonyl (C=O) groups is 2. The first kappa shape index (κ1) is 21.7. The van der Waals surface area contributed by atoms with Gasteiger partial charge in [0.05, 0.1) is 6.04 Å². The molecule has 1 aliphatic heterocycles. The lowest BCUT2D eigenvalue weighted by Crippen LogP contribution is -2.49. The van der Waals surface area contributed by atoms with E-state index in [-0.39, 0.29) is 11.9 Å². The van der Waals surface area contributed by atoms with Crippen molar-refractivity contribution in [2.45, 2.75) is 65.1 Å². The van der Waals surface area contributed by atoms with Gasteiger partial charge in [-0.1, -0.05) is 13.0 Å². The van der Waals surface area contributed by atoms with Gasteiger partial charge in [0, 0.05) is 11.4 Å². The molecule has 2 heterocycles. The molecule has 0 saturated carbocycles. The number of likely N-dealkylation sites (tertiary alicyclic amines) is 1. The molecular weight excluding hydrogens is 362 g/mol. The zero-order valence-corrected chi connectivity index (χ0v) is 17.9. The molecule has 0 bridgehead atoms. The second-order valence-electron chi connectivity index (χ2n) is 8.36. The van der Waals surface area contributed by atoms with Crippen molar-refractivity contribution in [3.63, 3.8) is 0 Å². The largest absolute Gasteiger partial charge is 0.444 e. The van der Waals surface area contributed by atoms with Crippen molar-refractivity contribution in [3.8, 4) is 0 Å². The summed E-state index contributed by atoms with van der Waals surface area (Å²) in [7, 11) is 0. The Morgan fingerprint density at radius 2 is 2.00 bits per heavy atom. The third-order valence-electron chi connectivity index (χ3n) is 4.73. The topological polar surface area (TPSA) is 70.7 Å². The highest BCUT2D eigenvalue weighted by Gasteiger charge is 2.27. The predicted octanol–water partition coefficient (Wildman–Crippen LogP) is 3.55. The average molecular weight is 396 g/mol. The van der Waals surface area contributed by atoms with Crippen LogP contribution in [0.4, 0.5) is 4.79 Å². The molecule has 0 spiro atoms. The number of nitrogens with one attached hydrogen (secondary N) is 2. The maximum atomic E-state index is 12.5. The second-order valence-corrected chi connectivity index (χ2v) is 9.34. The molecule has 152 valence electrons. The van der Waals surface area contributed by atoms with Crippen LogP contribution in [0.5, 0.6) is 0 Å². The Morgan fingerprint density at radius 3 is 2.56 bits per heavy atom. The number of ether oxygens (including phenoxy) is 1. The van der Waals surface area contributed by atoms with E-state index in [4.69, 9.17) is 4.74 Å². The number of alkyl carbamates (subject to hydrolysis) is 1. The molecule has 2 amide bonds. The molecule has 2 N–H and O–H groups in total. The second kappa shape index (κ2) is 9.55. The standard InChI is InChI=1S/C20H33N3O3S/c1-14-8-10-23(11-9-14)16(17-7-6-12-27-17)13-21-18(24)15(2)22-19(25)26-20(3,4)5/h6-7,12,14-16H,8-11,13H2,1-5H3,(H,21,24)(H,22,25)/t15-,16?/m1/s1. The van der Waals surface area contributed by atoms with E-state index >= 15 is 0 Å². The lowest BCUT2D eigenvalue weighted by molar-refractivity contribution is -0.123. The van der Waals surface area contributed by atoms with Crippen LogP contribution < -0.4 is 10.6 Å². The number of hydrogen-bond acceptors (Lipinski definition) is 5. The number of amides is 2. The summed E-state index contributed by atoms with van der Waals surface area (Å²) < 4.78 is 5.21. The van der Waals surface area contributed by atoms with Gasteiger partial charge in [-0.15, -0.1) is 11.3 Å². The number of rotatable bonds is 6. The van der Waals surface area contributed by atoms with Crippen molar-refractivity contribution in [2.75, 3.05) is 19.6 Å². The molecule has 1 unspecified atom stereocenters. The summed E-state index contributed by atoms with van der Waals surface area (Å²) in [6, 6.07) is 3.70. The molecule has 1 aromatic heterocycles. The molecule has 0 aliphatic carbocycles. The van der Waals surface area contributed by atoms with Gasteiger partial charge in [-0.05, 0) is 71.0 Å². The van der Waals surface area contributed by atoms with Gasteiger partial charge >= 0.3 is 6.09 Å². The van der Waals surface area contributed by atoms with Crippen molar-refractivity contribution in [2.24, 2.45) is 5.92 Å². The summed E-state index contributed by atoms with van der Waals surface area (Å²) in [6.45, 7) is 12.0. The summed E-state index contributed by atoms with van der Waals surface area (Å²) in [5.74, 6) is 0.561.